The van der Waals surface area contributed by atoms with Gasteiger partial charge in [-0.05, 0) is 32.0 Å². The first kappa shape index (κ1) is 16.4. The van der Waals surface area contributed by atoms with Crippen LogP contribution in [0.25, 0.3) is 10.9 Å². The van der Waals surface area contributed by atoms with E-state index in [4.69, 9.17) is 4.74 Å². The van der Waals surface area contributed by atoms with Gasteiger partial charge in [-0.2, -0.15) is 0 Å². The standard InChI is InChI=1S/C18H19FN2O3/c1-3-21-9-12(7-17(21)22)10-24-18(23)15-6-11(2)20-16-8-13(19)4-5-14(15)16/h4-6,8,12H,3,7,9-10H2,1-2H3/t12-/m1/s1. The summed E-state index contributed by atoms with van der Waals surface area (Å²) in [6, 6.07) is 5.77. The molecule has 6 heteroatoms. The van der Waals surface area contributed by atoms with Gasteiger partial charge in [-0.15, -0.1) is 0 Å². The van der Waals surface area contributed by atoms with Crippen LogP contribution in [0.4, 0.5) is 4.39 Å². The van der Waals surface area contributed by atoms with Crippen molar-refractivity contribution in [1.29, 1.82) is 0 Å². The Kier molecular flexibility index (Phi) is 4.46. The zero-order valence-corrected chi connectivity index (χ0v) is 13.7. The van der Waals surface area contributed by atoms with Crippen molar-refractivity contribution in [2.75, 3.05) is 19.7 Å². The molecule has 0 radical (unpaired) electrons. The van der Waals surface area contributed by atoms with E-state index < -0.39 is 11.8 Å². The summed E-state index contributed by atoms with van der Waals surface area (Å²) in [4.78, 5) is 30.2. The number of pyridine rings is 1. The topological polar surface area (TPSA) is 59.5 Å². The molecule has 1 atom stereocenters. The van der Waals surface area contributed by atoms with E-state index in [1.54, 1.807) is 17.9 Å². The fourth-order valence-corrected chi connectivity index (χ4v) is 3.05. The number of aromatic nitrogens is 1. The molecule has 1 aliphatic heterocycles. The number of fused-ring (bicyclic) bond motifs is 1. The zero-order chi connectivity index (χ0) is 17.3. The third-order valence-corrected chi connectivity index (χ3v) is 4.25. The van der Waals surface area contributed by atoms with Gasteiger partial charge in [0.15, 0.2) is 0 Å². The number of aryl methyl sites for hydroxylation is 1. The molecule has 0 aliphatic carbocycles. The number of nitrogens with zero attached hydrogens (tertiary/aromatic N) is 2. The quantitative estimate of drug-likeness (QED) is 0.809. The number of ether oxygens (including phenoxy) is 1. The summed E-state index contributed by atoms with van der Waals surface area (Å²) in [7, 11) is 0. The second kappa shape index (κ2) is 6.55. The highest BCUT2D eigenvalue weighted by molar-refractivity contribution is 6.03. The largest absolute Gasteiger partial charge is 0.462 e. The molecular formula is C18H19FN2O3. The van der Waals surface area contributed by atoms with Crippen molar-refractivity contribution in [1.82, 2.24) is 9.88 Å². The highest BCUT2D eigenvalue weighted by atomic mass is 19.1. The summed E-state index contributed by atoms with van der Waals surface area (Å²) in [5, 5.41) is 0.560. The van der Waals surface area contributed by atoms with Crippen molar-refractivity contribution in [2.24, 2.45) is 5.92 Å². The molecule has 1 aromatic heterocycles. The molecule has 3 rings (SSSR count). The Hall–Kier alpha value is -2.50. The summed E-state index contributed by atoms with van der Waals surface area (Å²) in [6.45, 7) is 5.16. The van der Waals surface area contributed by atoms with Gasteiger partial charge in [0.25, 0.3) is 0 Å². The van der Waals surface area contributed by atoms with E-state index in [9.17, 15) is 14.0 Å². The number of amides is 1. The van der Waals surface area contributed by atoms with Crippen molar-refractivity contribution in [3.63, 3.8) is 0 Å². The van der Waals surface area contributed by atoms with E-state index >= 15 is 0 Å². The second-order valence-corrected chi connectivity index (χ2v) is 6.07. The molecule has 0 N–H and O–H groups in total. The molecular weight excluding hydrogens is 311 g/mol. The molecule has 2 aromatic rings. The van der Waals surface area contributed by atoms with E-state index in [0.29, 0.717) is 41.7 Å². The van der Waals surface area contributed by atoms with Crippen LogP contribution in [0, 0.1) is 18.7 Å². The molecule has 1 aliphatic rings. The van der Waals surface area contributed by atoms with Gasteiger partial charge in [0.05, 0.1) is 17.7 Å². The third-order valence-electron chi connectivity index (χ3n) is 4.25. The Morgan fingerprint density at radius 3 is 2.92 bits per heavy atom. The van der Waals surface area contributed by atoms with E-state index in [1.807, 2.05) is 6.92 Å². The molecule has 5 nitrogen and oxygen atoms in total. The minimum atomic E-state index is -0.473. The van der Waals surface area contributed by atoms with Crippen LogP contribution in [-0.2, 0) is 9.53 Å². The van der Waals surface area contributed by atoms with Crippen LogP contribution < -0.4 is 0 Å². The highest BCUT2D eigenvalue weighted by Gasteiger charge is 2.29. The number of halogens is 1. The molecule has 0 unspecified atom stereocenters. The number of benzene rings is 1. The lowest BCUT2D eigenvalue weighted by atomic mass is 10.1. The molecule has 0 bridgehead atoms. The molecule has 1 aromatic carbocycles. The van der Waals surface area contributed by atoms with E-state index in [-0.39, 0.29) is 18.4 Å². The maximum Gasteiger partial charge on any atom is 0.338 e. The Morgan fingerprint density at radius 1 is 1.42 bits per heavy atom. The van der Waals surface area contributed by atoms with Gasteiger partial charge in [0.1, 0.15) is 5.82 Å². The number of carbonyl (C=O) groups is 2. The summed E-state index contributed by atoms with van der Waals surface area (Å²) in [6.07, 6.45) is 0.405. The summed E-state index contributed by atoms with van der Waals surface area (Å²) in [5.41, 5.74) is 1.41. The Labute approximate surface area is 139 Å². The smallest absolute Gasteiger partial charge is 0.338 e. The monoisotopic (exact) mass is 330 g/mol. The van der Waals surface area contributed by atoms with Gasteiger partial charge >= 0.3 is 5.97 Å². The molecule has 1 saturated heterocycles. The first-order valence-corrected chi connectivity index (χ1v) is 7.99. The number of carbonyl (C=O) groups excluding carboxylic acids is 2. The van der Waals surface area contributed by atoms with Gasteiger partial charge in [-0.3, -0.25) is 9.78 Å². The van der Waals surface area contributed by atoms with Crippen LogP contribution >= 0.6 is 0 Å². The number of rotatable bonds is 4. The Bertz CT molecular complexity index is 801. The van der Waals surface area contributed by atoms with Crippen LogP contribution in [0.5, 0.6) is 0 Å². The minimum Gasteiger partial charge on any atom is -0.462 e. The zero-order valence-electron chi connectivity index (χ0n) is 13.7. The lowest BCUT2D eigenvalue weighted by Crippen LogP contribution is -2.25. The summed E-state index contributed by atoms with van der Waals surface area (Å²) >= 11 is 0. The molecule has 0 spiro atoms. The molecule has 1 amide bonds. The minimum absolute atomic E-state index is 0.0213. The normalized spacial score (nSPS) is 17.5. The van der Waals surface area contributed by atoms with Crippen molar-refractivity contribution >= 4 is 22.8 Å². The fourth-order valence-electron chi connectivity index (χ4n) is 3.05. The van der Waals surface area contributed by atoms with Gasteiger partial charge in [-0.25, -0.2) is 9.18 Å². The van der Waals surface area contributed by atoms with Crippen LogP contribution in [0.3, 0.4) is 0 Å². The van der Waals surface area contributed by atoms with E-state index in [2.05, 4.69) is 4.98 Å². The van der Waals surface area contributed by atoms with Gasteiger partial charge < -0.3 is 9.64 Å². The predicted molar refractivity (Wildman–Crippen MR) is 87.1 cm³/mol. The van der Waals surface area contributed by atoms with Crippen molar-refractivity contribution in [2.45, 2.75) is 20.3 Å². The summed E-state index contributed by atoms with van der Waals surface area (Å²) < 4.78 is 18.8. The van der Waals surface area contributed by atoms with Gasteiger partial charge in [-0.1, -0.05) is 0 Å². The maximum atomic E-state index is 13.4. The maximum absolute atomic E-state index is 13.4. The third kappa shape index (κ3) is 3.22. The van der Waals surface area contributed by atoms with Crippen LogP contribution in [0.1, 0.15) is 29.4 Å². The van der Waals surface area contributed by atoms with E-state index in [1.165, 1.54) is 18.2 Å². The SMILES string of the molecule is CCN1C[C@H](COC(=O)c2cc(C)nc3cc(F)ccc23)CC1=O. The molecule has 1 fully saturated rings. The van der Waals surface area contributed by atoms with Crippen LogP contribution in [0.15, 0.2) is 24.3 Å². The number of esters is 1. The first-order valence-electron chi connectivity index (χ1n) is 7.99. The van der Waals surface area contributed by atoms with Crippen molar-refractivity contribution in [3.8, 4) is 0 Å². The average molecular weight is 330 g/mol. The van der Waals surface area contributed by atoms with Gasteiger partial charge in [0.2, 0.25) is 5.91 Å². The molecule has 126 valence electrons. The fraction of sp³-hybridized carbons (Fsp3) is 0.389. The Balaban J connectivity index is 1.76. The number of hydrogen-bond donors (Lipinski definition) is 0. The van der Waals surface area contributed by atoms with Crippen molar-refractivity contribution in [3.05, 3.63) is 41.3 Å². The average Bonchev–Trinajstić information content (AvgIpc) is 2.91. The lowest BCUT2D eigenvalue weighted by molar-refractivity contribution is -0.127. The van der Waals surface area contributed by atoms with Crippen LogP contribution in [0.2, 0.25) is 0 Å². The predicted octanol–water partition coefficient (Wildman–Crippen LogP) is 2.71. The number of likely N-dealkylation sites (tertiary alicyclic amines) is 1. The number of hydrogen-bond acceptors (Lipinski definition) is 4. The van der Waals surface area contributed by atoms with Gasteiger partial charge in [0, 0.05) is 42.6 Å². The Morgan fingerprint density at radius 2 is 2.21 bits per heavy atom. The molecule has 24 heavy (non-hydrogen) atoms. The van der Waals surface area contributed by atoms with Crippen LogP contribution in [-0.4, -0.2) is 41.5 Å². The second-order valence-electron chi connectivity index (χ2n) is 6.07. The summed E-state index contributed by atoms with van der Waals surface area (Å²) in [5.74, 6) is -0.754. The molecule has 2 heterocycles. The highest BCUT2D eigenvalue weighted by Crippen LogP contribution is 2.22. The molecule has 0 saturated carbocycles. The van der Waals surface area contributed by atoms with Crippen molar-refractivity contribution < 1.29 is 18.7 Å². The first-order chi connectivity index (χ1) is 11.5. The van der Waals surface area contributed by atoms with E-state index in [0.717, 1.165) is 0 Å². The lowest BCUT2D eigenvalue weighted by Gasteiger charge is -2.14.